The van der Waals surface area contributed by atoms with Gasteiger partial charge in [0.2, 0.25) is 5.91 Å². The van der Waals surface area contributed by atoms with Gasteiger partial charge in [-0.05, 0) is 112 Å². The Labute approximate surface area is 438 Å². The van der Waals surface area contributed by atoms with E-state index in [0.29, 0.717) is 37.4 Å². The number of aliphatic hydroxyl groups excluding tert-OH is 2. The smallest absolute Gasteiger partial charge is 0.417 e. The first-order valence-electron chi connectivity index (χ1n) is 23.3. The molecule has 0 aliphatic carbocycles. The van der Waals surface area contributed by atoms with Crippen molar-refractivity contribution in [3.8, 4) is 0 Å². The van der Waals surface area contributed by atoms with Gasteiger partial charge in [-0.25, -0.2) is 29.4 Å². The number of halogens is 1. The van der Waals surface area contributed by atoms with Crippen LogP contribution in [0.1, 0.15) is 126 Å². The first kappa shape index (κ1) is 64.6. The molecule has 0 bridgehead atoms. The van der Waals surface area contributed by atoms with Crippen LogP contribution in [0.25, 0.3) is 12.2 Å². The minimum absolute atomic E-state index is 0. The number of hydrogen-bond donors (Lipinski definition) is 2. The maximum atomic E-state index is 12.1. The summed E-state index contributed by atoms with van der Waals surface area (Å²) in [4.78, 5) is 57.7. The summed E-state index contributed by atoms with van der Waals surface area (Å²) in [5.74, 6) is 0.605. The number of alkyl halides is 1. The van der Waals surface area contributed by atoms with Gasteiger partial charge >= 0.3 is 12.2 Å². The number of nitrogens with zero attached hydrogens (tertiary/aromatic N) is 4. The van der Waals surface area contributed by atoms with Crippen molar-refractivity contribution in [1.29, 1.82) is 0 Å². The van der Waals surface area contributed by atoms with Gasteiger partial charge in [-0.15, -0.1) is 34.3 Å². The van der Waals surface area contributed by atoms with Crippen molar-refractivity contribution >= 4 is 89.4 Å². The first-order valence-corrected chi connectivity index (χ1v) is 26.5. The third kappa shape index (κ3) is 24.8. The molecule has 2 saturated heterocycles. The Bertz CT molecular complexity index is 2020. The number of thiazole rings is 2. The number of cyclic esters (lactones) is 2. The van der Waals surface area contributed by atoms with Gasteiger partial charge in [-0.2, -0.15) is 0 Å². The van der Waals surface area contributed by atoms with Crippen molar-refractivity contribution in [1.82, 2.24) is 19.8 Å². The molecule has 4 rings (SSSR count). The van der Waals surface area contributed by atoms with Crippen LogP contribution in [0.4, 0.5) is 9.59 Å². The Balaban J connectivity index is 0. The predicted molar refractivity (Wildman–Crippen MR) is 297 cm³/mol. The van der Waals surface area contributed by atoms with Gasteiger partial charge in [0.05, 0.1) is 53.3 Å². The lowest BCUT2D eigenvalue weighted by atomic mass is 9.97. The number of imide groups is 2. The summed E-state index contributed by atoms with van der Waals surface area (Å²) in [6.45, 7) is 27.5. The monoisotopic (exact) mass is 1080 g/mol. The van der Waals surface area contributed by atoms with Crippen molar-refractivity contribution in [2.45, 2.75) is 134 Å². The van der Waals surface area contributed by atoms with Crippen LogP contribution in [0.15, 0.2) is 68.5 Å². The molecule has 2 aliphatic rings. The number of ether oxygens (including phenoxy) is 2. The Hall–Kier alpha value is -3.43. The number of aliphatic hydroxyl groups is 2. The highest BCUT2D eigenvalue weighted by atomic mass is 35.5. The molecule has 4 amide bonds. The maximum Gasteiger partial charge on any atom is 0.417 e. The summed E-state index contributed by atoms with van der Waals surface area (Å²) in [7, 11) is 4.31. The Kier molecular flexibility index (Phi) is 32.2. The highest BCUT2D eigenvalue weighted by Crippen LogP contribution is 2.23. The molecule has 19 heteroatoms. The van der Waals surface area contributed by atoms with Crippen LogP contribution < -0.4 is 0 Å². The first-order chi connectivity index (χ1) is 33.0. The number of carbonyl (C=O) groups is 4. The van der Waals surface area contributed by atoms with Gasteiger partial charge in [-0.1, -0.05) is 78.5 Å². The molecule has 8 atom stereocenters. The lowest BCUT2D eigenvalue weighted by molar-refractivity contribution is -0.137. The van der Waals surface area contributed by atoms with Crippen molar-refractivity contribution in [2.75, 3.05) is 38.9 Å². The van der Waals surface area contributed by atoms with E-state index in [-0.39, 0.29) is 53.0 Å². The van der Waals surface area contributed by atoms with Gasteiger partial charge in [0.25, 0.3) is 5.91 Å². The molecule has 0 spiro atoms. The Morgan fingerprint density at radius 1 is 0.729 bits per heavy atom. The van der Waals surface area contributed by atoms with E-state index in [1.807, 2.05) is 47.6 Å². The van der Waals surface area contributed by atoms with Gasteiger partial charge in [0.1, 0.15) is 19.3 Å². The van der Waals surface area contributed by atoms with Crippen LogP contribution in [0.3, 0.4) is 0 Å². The van der Waals surface area contributed by atoms with Gasteiger partial charge in [0, 0.05) is 50.8 Å². The van der Waals surface area contributed by atoms with E-state index < -0.39 is 24.2 Å². The van der Waals surface area contributed by atoms with Crippen LogP contribution in [0, 0.1) is 31.6 Å². The molecule has 4 heterocycles. The molecule has 2 aromatic rings. The molecule has 2 N–H and O–H groups in total. The molecular formula is C51H83ClN4O10P2S2. The normalized spacial score (nSPS) is 18.7. The van der Waals surface area contributed by atoms with E-state index in [2.05, 4.69) is 98.6 Å². The number of allylic oxidation sites excluding steroid dienone is 6. The predicted octanol–water partition coefficient (Wildman–Crippen LogP) is 12.4. The minimum atomic E-state index is -1.24. The Morgan fingerprint density at radius 3 is 1.47 bits per heavy atom. The molecule has 14 nitrogen and oxygen atoms in total. The molecule has 0 saturated carbocycles. The fourth-order valence-electron chi connectivity index (χ4n) is 6.21. The number of amides is 4. The zero-order valence-corrected chi connectivity index (χ0v) is 48.2. The molecule has 0 radical (unpaired) electrons. The van der Waals surface area contributed by atoms with E-state index in [9.17, 15) is 24.3 Å². The summed E-state index contributed by atoms with van der Waals surface area (Å²) in [6.07, 6.45) is 12.6. The molecule has 2 aromatic heterocycles. The third-order valence-corrected chi connectivity index (χ3v) is 13.5. The molecule has 70 heavy (non-hydrogen) atoms. The molecule has 2 fully saturated rings. The number of carbonyl (C=O) groups excluding carboxylic acids is 4. The average molecular weight is 1080 g/mol. The molecule has 2 unspecified atom stereocenters. The van der Waals surface area contributed by atoms with Crippen molar-refractivity contribution in [3.63, 3.8) is 0 Å². The second-order valence-electron chi connectivity index (χ2n) is 17.9. The van der Waals surface area contributed by atoms with Crippen LogP contribution >= 0.6 is 53.2 Å². The number of rotatable bonds is 20. The van der Waals surface area contributed by atoms with Crippen molar-refractivity contribution in [2.24, 2.45) is 17.8 Å². The van der Waals surface area contributed by atoms with Crippen molar-refractivity contribution in [3.05, 3.63) is 89.9 Å². The van der Waals surface area contributed by atoms with E-state index >= 15 is 0 Å². The van der Waals surface area contributed by atoms with Gasteiger partial charge in [-0.3, -0.25) is 9.59 Å². The van der Waals surface area contributed by atoms with Crippen LogP contribution in [0.2, 0.25) is 0 Å². The topological polar surface area (TPSA) is 178 Å². The second-order valence-corrected chi connectivity index (χ2v) is 21.0. The van der Waals surface area contributed by atoms with E-state index in [1.165, 1.54) is 21.6 Å². The number of aromatic nitrogens is 2. The lowest BCUT2D eigenvalue weighted by Gasteiger charge is -2.19. The molecular weight excluding hydrogens is 990 g/mol. The summed E-state index contributed by atoms with van der Waals surface area (Å²) >= 11 is 9.13. The van der Waals surface area contributed by atoms with Crippen molar-refractivity contribution < 1.29 is 50.8 Å². The summed E-state index contributed by atoms with van der Waals surface area (Å²) in [6, 6.07) is -0.506. The quantitative estimate of drug-likeness (QED) is 0.0729. The zero-order valence-electron chi connectivity index (χ0n) is 43.5. The fraction of sp³-hybridized carbons (Fsp3) is 0.569. The van der Waals surface area contributed by atoms with E-state index in [0.717, 1.165) is 55.9 Å². The van der Waals surface area contributed by atoms with E-state index in [1.54, 1.807) is 42.6 Å². The average Bonchev–Trinajstić information content (AvgIpc) is 4.11. The Morgan fingerprint density at radius 2 is 1.11 bits per heavy atom. The summed E-state index contributed by atoms with van der Waals surface area (Å²) < 4.78 is 19.3. The largest absolute Gasteiger partial charge is 0.447 e. The van der Waals surface area contributed by atoms with Crippen LogP contribution in [0.5, 0.6) is 0 Å². The molecule has 0 aromatic carbocycles. The van der Waals surface area contributed by atoms with Gasteiger partial charge in [0.15, 0.2) is 0 Å². The highest BCUT2D eigenvalue weighted by Gasteiger charge is 2.38. The van der Waals surface area contributed by atoms with Crippen LogP contribution in [-0.4, -0.2) is 111 Å². The number of aryl methyl sites for hydroxylation is 2. The standard InChI is InChI=1S/C14H20ClNS.C14H21NOS.C12H20NO4P.C11H18NO5P.2H2/c1-10(8-15)5-6-11(2)12(3)7-14-9-17-13(4)16-14;1-10(8-16)5-6-11(2)12(3)7-14-9-17-13(4)15-14;1-8(6-17-18)4-5-9(2)11(14)13-10(3)7-16-12(13)15;1-7(5-17-18)3-4-9(13)10(14)12-8(2)6-16-11(12)15;;/h5,7,9,11H,6,8H2,1-4H3;5,7,9,11,16H,6,8H2,1-4H3;4,9-10H,5-7,18H2,1-3H3;3,8-9,13H,4-6,18H2,1-2H3;2*1H/b2*10-5-,12-7+;8-4-;7-3-;;/t2*11-;9-,10-;8-,9-;;/m0000../s1/i;;;;2*1+2. The fourth-order valence-corrected chi connectivity index (χ4v) is 7.98. The molecule has 396 valence electrons. The zero-order chi connectivity index (χ0) is 53.1. The summed E-state index contributed by atoms with van der Waals surface area (Å²) in [5, 5.41) is 25.1. The van der Waals surface area contributed by atoms with Gasteiger partial charge < -0.3 is 28.7 Å². The van der Waals surface area contributed by atoms with E-state index in [4.69, 9.17) is 35.2 Å². The minimum Gasteiger partial charge on any atom is -0.447 e. The summed E-state index contributed by atoms with van der Waals surface area (Å²) in [5.41, 5.74) is 9.07. The third-order valence-electron chi connectivity index (χ3n) is 11.2. The number of hydrogen-bond acceptors (Lipinski definition) is 14. The maximum absolute atomic E-state index is 12.1. The SMILES string of the molecule is C/C(=C/C[C@H](C)/C(C)=C/c1csc(C)n1)CCl.C/C(=C/C[C@H](C)/C(C)=C/c1csc(C)n1)CO.C/C(=C/C[C@H](C)C(=O)N1C(=O)OC[C@@H]1C)COP.C/C(=C/C[C@H](O)C(=O)N1C(=O)OC[C@@H]1C)COP.[3HH].[3HH]. The second kappa shape index (κ2) is 34.8. The lowest BCUT2D eigenvalue weighted by Crippen LogP contribution is -2.43. The molecule has 2 aliphatic heterocycles. The highest BCUT2D eigenvalue weighted by molar-refractivity contribution is 7.10. The van der Waals surface area contributed by atoms with Crippen LogP contribution in [-0.2, 0) is 28.1 Å².